The highest BCUT2D eigenvalue weighted by Crippen LogP contribution is 2.38. The Hall–Kier alpha value is -2.09. The van der Waals surface area contributed by atoms with Gasteiger partial charge in [0.05, 0.1) is 5.92 Å². The summed E-state index contributed by atoms with van der Waals surface area (Å²) in [5.41, 5.74) is 1.22. The van der Waals surface area contributed by atoms with E-state index in [1.54, 1.807) is 0 Å². The third-order valence-corrected chi connectivity index (χ3v) is 4.50. The number of hydrogen-bond donors (Lipinski definition) is 0. The highest BCUT2D eigenvalue weighted by molar-refractivity contribution is 5.83. The van der Waals surface area contributed by atoms with Gasteiger partial charge in [-0.2, -0.15) is 0 Å². The number of ether oxygens (including phenoxy) is 1. The van der Waals surface area contributed by atoms with E-state index in [-0.39, 0.29) is 18.0 Å². The first kappa shape index (κ1) is 11.7. The molecule has 20 heavy (non-hydrogen) atoms. The van der Waals surface area contributed by atoms with Crippen LogP contribution >= 0.6 is 0 Å². The molecular weight excluding hydrogens is 248 g/mol. The van der Waals surface area contributed by atoms with Gasteiger partial charge in [-0.3, -0.25) is 4.79 Å². The van der Waals surface area contributed by atoms with Crippen LogP contribution in [0, 0.1) is 11.8 Å². The van der Waals surface area contributed by atoms with E-state index in [9.17, 15) is 4.79 Å². The topological polar surface area (TPSA) is 26.3 Å². The van der Waals surface area contributed by atoms with Crippen LogP contribution in [-0.2, 0) is 16.0 Å². The van der Waals surface area contributed by atoms with Gasteiger partial charge in [-0.25, -0.2) is 0 Å². The first-order chi connectivity index (χ1) is 9.81. The molecule has 0 saturated carbocycles. The number of fused-ring (bicyclic) bond motifs is 2. The lowest BCUT2D eigenvalue weighted by Crippen LogP contribution is -2.19. The number of carbonyl (C=O) groups excluding carboxylic acids is 1. The lowest BCUT2D eigenvalue weighted by atomic mass is 9.86. The molecule has 0 aromatic heterocycles. The third-order valence-electron chi connectivity index (χ3n) is 4.50. The maximum absolute atomic E-state index is 12.0. The van der Waals surface area contributed by atoms with Crippen molar-refractivity contribution < 1.29 is 9.53 Å². The van der Waals surface area contributed by atoms with Crippen LogP contribution in [0.3, 0.4) is 0 Å². The van der Waals surface area contributed by atoms with Crippen LogP contribution in [0.2, 0.25) is 0 Å². The molecule has 2 nitrogen and oxygen atoms in total. The van der Waals surface area contributed by atoms with Crippen molar-refractivity contribution in [3.63, 3.8) is 0 Å². The van der Waals surface area contributed by atoms with Gasteiger partial charge in [0.15, 0.2) is 0 Å². The van der Waals surface area contributed by atoms with Crippen LogP contribution in [0.15, 0.2) is 54.6 Å². The maximum atomic E-state index is 12.0. The average molecular weight is 264 g/mol. The molecule has 3 atom stereocenters. The normalized spacial score (nSPS) is 27.8. The Morgan fingerprint density at radius 3 is 2.85 bits per heavy atom. The maximum Gasteiger partial charge on any atom is 0.310 e. The van der Waals surface area contributed by atoms with Gasteiger partial charge in [-0.1, -0.05) is 48.5 Å². The van der Waals surface area contributed by atoms with E-state index in [1.807, 2.05) is 18.2 Å². The van der Waals surface area contributed by atoms with E-state index in [1.165, 1.54) is 16.3 Å². The van der Waals surface area contributed by atoms with Crippen molar-refractivity contribution in [3.05, 3.63) is 60.2 Å². The first-order valence-electron chi connectivity index (χ1n) is 7.16. The molecule has 0 spiro atoms. The van der Waals surface area contributed by atoms with E-state index >= 15 is 0 Å². The summed E-state index contributed by atoms with van der Waals surface area (Å²) in [5, 5.41) is 2.48. The second kappa shape index (κ2) is 4.48. The number of hydrogen-bond acceptors (Lipinski definition) is 2. The summed E-state index contributed by atoms with van der Waals surface area (Å²) in [6, 6.07) is 14.8. The summed E-state index contributed by atoms with van der Waals surface area (Å²) in [7, 11) is 0. The highest BCUT2D eigenvalue weighted by atomic mass is 16.6. The second-order valence-electron chi connectivity index (χ2n) is 5.72. The zero-order valence-electron chi connectivity index (χ0n) is 11.2. The van der Waals surface area contributed by atoms with Gasteiger partial charge < -0.3 is 4.74 Å². The van der Waals surface area contributed by atoms with Gasteiger partial charge in [0.2, 0.25) is 0 Å². The van der Waals surface area contributed by atoms with Crippen molar-refractivity contribution in [1.29, 1.82) is 0 Å². The Morgan fingerprint density at radius 2 is 1.95 bits per heavy atom. The SMILES string of the molecule is O=C1OC2C=CCC2C1Cc1ccc2ccccc2c1. The van der Waals surface area contributed by atoms with Gasteiger partial charge in [-0.05, 0) is 35.3 Å². The molecule has 0 N–H and O–H groups in total. The van der Waals surface area contributed by atoms with Gasteiger partial charge >= 0.3 is 5.97 Å². The molecule has 1 heterocycles. The van der Waals surface area contributed by atoms with Crippen LogP contribution in [0.1, 0.15) is 12.0 Å². The van der Waals surface area contributed by atoms with Crippen molar-refractivity contribution >= 4 is 16.7 Å². The second-order valence-corrected chi connectivity index (χ2v) is 5.72. The van der Waals surface area contributed by atoms with Gasteiger partial charge in [0, 0.05) is 5.92 Å². The minimum atomic E-state index is -0.0301. The van der Waals surface area contributed by atoms with Crippen LogP contribution < -0.4 is 0 Å². The molecule has 2 aromatic carbocycles. The van der Waals surface area contributed by atoms with Crippen molar-refractivity contribution in [2.24, 2.45) is 11.8 Å². The molecule has 1 saturated heterocycles. The van der Waals surface area contributed by atoms with Gasteiger partial charge in [0.1, 0.15) is 6.10 Å². The summed E-state index contributed by atoms with van der Waals surface area (Å²) >= 11 is 0. The van der Waals surface area contributed by atoms with E-state index < -0.39 is 0 Å². The summed E-state index contributed by atoms with van der Waals surface area (Å²) in [6.45, 7) is 0. The fraction of sp³-hybridized carbons (Fsp3) is 0.278. The summed E-state index contributed by atoms with van der Waals surface area (Å²) in [5.74, 6) is 0.322. The number of benzene rings is 2. The average Bonchev–Trinajstić information content (AvgIpc) is 3.02. The molecule has 4 rings (SSSR count). The molecular formula is C18H16O2. The van der Waals surface area contributed by atoms with Crippen LogP contribution in [0.25, 0.3) is 10.8 Å². The predicted molar refractivity (Wildman–Crippen MR) is 78.3 cm³/mol. The quantitative estimate of drug-likeness (QED) is 0.613. The fourth-order valence-corrected chi connectivity index (χ4v) is 3.42. The molecule has 3 unspecified atom stereocenters. The van der Waals surface area contributed by atoms with Gasteiger partial charge in [0.25, 0.3) is 0 Å². The molecule has 2 heteroatoms. The Morgan fingerprint density at radius 1 is 1.10 bits per heavy atom. The zero-order chi connectivity index (χ0) is 13.5. The zero-order valence-corrected chi connectivity index (χ0v) is 11.2. The lowest BCUT2D eigenvalue weighted by Gasteiger charge is -2.13. The number of carbonyl (C=O) groups is 1. The predicted octanol–water partition coefficient (Wildman–Crippen LogP) is 3.50. The molecule has 1 aliphatic heterocycles. The van der Waals surface area contributed by atoms with Crippen molar-refractivity contribution in [2.75, 3.05) is 0 Å². The molecule has 0 amide bonds. The lowest BCUT2D eigenvalue weighted by molar-refractivity contribution is -0.143. The molecule has 1 fully saturated rings. The molecule has 1 aliphatic carbocycles. The Bertz CT molecular complexity index is 701. The number of esters is 1. The van der Waals surface area contributed by atoms with Crippen molar-refractivity contribution in [2.45, 2.75) is 18.9 Å². The van der Waals surface area contributed by atoms with Crippen molar-refractivity contribution in [1.82, 2.24) is 0 Å². The molecule has 100 valence electrons. The van der Waals surface area contributed by atoms with E-state index in [4.69, 9.17) is 4.74 Å². The molecule has 2 aromatic rings. The largest absolute Gasteiger partial charge is 0.458 e. The molecule has 0 bridgehead atoms. The summed E-state index contributed by atoms with van der Waals surface area (Å²) in [4.78, 5) is 12.0. The van der Waals surface area contributed by atoms with E-state index in [0.717, 1.165) is 12.8 Å². The summed E-state index contributed by atoms with van der Waals surface area (Å²) < 4.78 is 5.43. The number of allylic oxidation sites excluding steroid dienone is 1. The molecule has 0 radical (unpaired) electrons. The van der Waals surface area contributed by atoms with E-state index in [2.05, 4.69) is 36.4 Å². The monoisotopic (exact) mass is 264 g/mol. The highest BCUT2D eigenvalue weighted by Gasteiger charge is 2.44. The van der Waals surface area contributed by atoms with Crippen LogP contribution in [0.5, 0.6) is 0 Å². The standard InChI is InChI=1S/C18H16O2/c19-18-16(15-6-3-7-17(15)20-18)11-12-8-9-13-4-1-2-5-14(13)10-12/h1-5,7-10,15-17H,6,11H2. The van der Waals surface area contributed by atoms with Crippen LogP contribution in [0.4, 0.5) is 0 Å². The Balaban J connectivity index is 1.62. The van der Waals surface area contributed by atoms with Gasteiger partial charge in [-0.15, -0.1) is 0 Å². The Labute approximate surface area is 118 Å². The number of rotatable bonds is 2. The Kier molecular flexibility index (Phi) is 2.62. The van der Waals surface area contributed by atoms with E-state index in [0.29, 0.717) is 5.92 Å². The molecule has 2 aliphatic rings. The smallest absolute Gasteiger partial charge is 0.310 e. The minimum absolute atomic E-state index is 0.0103. The fourth-order valence-electron chi connectivity index (χ4n) is 3.42. The van der Waals surface area contributed by atoms with Crippen LogP contribution in [-0.4, -0.2) is 12.1 Å². The minimum Gasteiger partial charge on any atom is -0.458 e. The summed E-state index contributed by atoms with van der Waals surface area (Å²) in [6.07, 6.45) is 5.94. The van der Waals surface area contributed by atoms with Crippen molar-refractivity contribution in [3.8, 4) is 0 Å². The third kappa shape index (κ3) is 1.83. The first-order valence-corrected chi connectivity index (χ1v) is 7.16.